The van der Waals surface area contributed by atoms with Gasteiger partial charge < -0.3 is 5.32 Å². The van der Waals surface area contributed by atoms with Crippen LogP contribution in [0, 0.1) is 5.82 Å². The van der Waals surface area contributed by atoms with Crippen LogP contribution in [0.5, 0.6) is 0 Å². The summed E-state index contributed by atoms with van der Waals surface area (Å²) >= 11 is 0. The van der Waals surface area contributed by atoms with E-state index in [1.807, 2.05) is 44.2 Å². The number of benzene rings is 1. The third-order valence-corrected chi connectivity index (χ3v) is 6.37. The zero-order valence-electron chi connectivity index (χ0n) is 18.1. The van der Waals surface area contributed by atoms with Gasteiger partial charge in [0, 0.05) is 29.8 Å². The van der Waals surface area contributed by atoms with Gasteiger partial charge in [-0.3, -0.25) is 14.9 Å². The first kappa shape index (κ1) is 20.4. The van der Waals surface area contributed by atoms with Gasteiger partial charge in [0.1, 0.15) is 11.6 Å². The molecule has 0 aliphatic heterocycles. The molecule has 0 bridgehead atoms. The van der Waals surface area contributed by atoms with Crippen molar-refractivity contribution in [3.8, 4) is 11.3 Å². The molecule has 2 N–H and O–H groups in total. The van der Waals surface area contributed by atoms with E-state index in [1.54, 1.807) is 16.9 Å². The predicted octanol–water partition coefficient (Wildman–Crippen LogP) is 4.44. The van der Waals surface area contributed by atoms with Gasteiger partial charge >= 0.3 is 0 Å². The molecule has 1 saturated carbocycles. The molecular weight excluding hydrogens is 407 g/mol. The number of anilines is 1. The number of hydrogen-bond acceptors (Lipinski definition) is 5. The van der Waals surface area contributed by atoms with E-state index in [4.69, 9.17) is 0 Å². The molecule has 0 unspecified atom stereocenters. The molecule has 3 heterocycles. The largest absolute Gasteiger partial charge is 0.368 e. The average Bonchev–Trinajstić information content (AvgIpc) is 3.11. The van der Waals surface area contributed by atoms with Crippen molar-refractivity contribution in [3.05, 3.63) is 70.5 Å². The molecule has 0 amide bonds. The highest BCUT2D eigenvalue weighted by atomic mass is 19.1. The minimum Gasteiger partial charge on any atom is -0.368 e. The fourth-order valence-electron chi connectivity index (χ4n) is 4.37. The van der Waals surface area contributed by atoms with E-state index in [9.17, 15) is 9.18 Å². The SMILES string of the molecule is CC(C)n1[nH]c2ccc(-c3ccc(NCC4(c5ncccc5F)CCC4)nn3)cc2c1=O. The summed E-state index contributed by atoms with van der Waals surface area (Å²) in [5.41, 5.74) is 2.48. The van der Waals surface area contributed by atoms with Crippen molar-refractivity contribution in [1.29, 1.82) is 0 Å². The Balaban J connectivity index is 1.35. The summed E-state index contributed by atoms with van der Waals surface area (Å²) < 4.78 is 15.9. The van der Waals surface area contributed by atoms with Gasteiger partial charge in [-0.05, 0) is 63.1 Å². The molecule has 0 radical (unpaired) electrons. The quantitative estimate of drug-likeness (QED) is 0.470. The lowest BCUT2D eigenvalue weighted by Crippen LogP contribution is -2.42. The number of aromatic nitrogens is 5. The number of fused-ring (bicyclic) bond motifs is 1. The maximum atomic E-state index is 14.3. The average molecular weight is 433 g/mol. The standard InChI is InChI=1S/C24H25FN6O/c1-15(2)31-23(32)17-13-16(6-7-20(17)30-31)19-8-9-21(29-28-19)27-14-24(10-4-11-24)22-18(25)5-3-12-26-22/h3,5-9,12-13,15,30H,4,10-11,14H2,1-2H3,(H,27,29). The number of aromatic amines is 1. The van der Waals surface area contributed by atoms with Gasteiger partial charge in [-0.2, -0.15) is 0 Å². The fraction of sp³-hybridized carbons (Fsp3) is 0.333. The number of nitrogens with zero attached hydrogens (tertiary/aromatic N) is 4. The highest BCUT2D eigenvalue weighted by molar-refractivity contribution is 5.83. The van der Waals surface area contributed by atoms with Gasteiger partial charge in [-0.15, -0.1) is 10.2 Å². The highest BCUT2D eigenvalue weighted by Crippen LogP contribution is 2.43. The van der Waals surface area contributed by atoms with Crippen molar-refractivity contribution in [2.75, 3.05) is 11.9 Å². The summed E-state index contributed by atoms with van der Waals surface area (Å²) in [6.45, 7) is 4.48. The van der Waals surface area contributed by atoms with Crippen molar-refractivity contribution in [2.45, 2.75) is 44.6 Å². The molecule has 0 saturated heterocycles. The van der Waals surface area contributed by atoms with Crippen molar-refractivity contribution in [1.82, 2.24) is 25.0 Å². The molecule has 3 aromatic heterocycles. The monoisotopic (exact) mass is 432 g/mol. The maximum Gasteiger partial charge on any atom is 0.274 e. The Bertz CT molecular complexity index is 1320. The lowest BCUT2D eigenvalue weighted by molar-refractivity contribution is 0.243. The number of H-pyrrole nitrogens is 1. The lowest BCUT2D eigenvalue weighted by Gasteiger charge is -2.41. The van der Waals surface area contributed by atoms with Crippen molar-refractivity contribution >= 4 is 16.7 Å². The number of nitrogens with one attached hydrogen (secondary N) is 2. The van der Waals surface area contributed by atoms with Crippen LogP contribution in [-0.4, -0.2) is 31.5 Å². The van der Waals surface area contributed by atoms with Crippen LogP contribution in [-0.2, 0) is 5.41 Å². The van der Waals surface area contributed by atoms with Gasteiger partial charge in [0.15, 0.2) is 0 Å². The van der Waals surface area contributed by atoms with Crippen LogP contribution in [0.2, 0.25) is 0 Å². The van der Waals surface area contributed by atoms with E-state index in [2.05, 4.69) is 25.6 Å². The van der Waals surface area contributed by atoms with Crippen molar-refractivity contribution in [3.63, 3.8) is 0 Å². The second-order valence-corrected chi connectivity index (χ2v) is 8.77. The predicted molar refractivity (Wildman–Crippen MR) is 122 cm³/mol. The fourth-order valence-corrected chi connectivity index (χ4v) is 4.37. The first-order valence-electron chi connectivity index (χ1n) is 10.9. The molecule has 32 heavy (non-hydrogen) atoms. The second kappa shape index (κ2) is 7.85. The molecule has 5 rings (SSSR count). The Morgan fingerprint density at radius 2 is 2.03 bits per heavy atom. The van der Waals surface area contributed by atoms with Crippen LogP contribution in [0.3, 0.4) is 0 Å². The minimum absolute atomic E-state index is 0.0457. The van der Waals surface area contributed by atoms with Crippen LogP contribution in [0.4, 0.5) is 10.2 Å². The third-order valence-electron chi connectivity index (χ3n) is 6.37. The Hall–Kier alpha value is -3.55. The number of rotatable bonds is 6. The van der Waals surface area contributed by atoms with Crippen LogP contribution in [0.25, 0.3) is 22.2 Å². The van der Waals surface area contributed by atoms with Gasteiger partial charge in [-0.25, -0.2) is 9.07 Å². The van der Waals surface area contributed by atoms with E-state index < -0.39 is 0 Å². The zero-order valence-corrected chi connectivity index (χ0v) is 18.1. The van der Waals surface area contributed by atoms with Gasteiger partial charge in [0.25, 0.3) is 5.56 Å². The zero-order chi connectivity index (χ0) is 22.3. The van der Waals surface area contributed by atoms with E-state index in [-0.39, 0.29) is 22.8 Å². The van der Waals surface area contributed by atoms with Crippen LogP contribution in [0.15, 0.2) is 53.5 Å². The molecule has 164 valence electrons. The molecule has 1 aliphatic rings. The summed E-state index contributed by atoms with van der Waals surface area (Å²) in [6.07, 6.45) is 4.49. The lowest BCUT2D eigenvalue weighted by atomic mass is 9.66. The summed E-state index contributed by atoms with van der Waals surface area (Å²) in [5.74, 6) is 0.369. The molecule has 1 fully saturated rings. The van der Waals surface area contributed by atoms with Gasteiger partial charge in [-0.1, -0.05) is 12.5 Å². The molecule has 0 spiro atoms. The van der Waals surface area contributed by atoms with E-state index in [0.717, 1.165) is 30.3 Å². The summed E-state index contributed by atoms with van der Waals surface area (Å²) in [5, 5.41) is 15.7. The normalized spacial score (nSPS) is 15.1. The Labute approximate surface area is 184 Å². The number of halogens is 1. The van der Waals surface area contributed by atoms with E-state index in [1.165, 1.54) is 6.07 Å². The van der Waals surface area contributed by atoms with Crippen molar-refractivity contribution in [2.24, 2.45) is 0 Å². The Kier molecular flexibility index (Phi) is 5.00. The molecule has 1 aromatic carbocycles. The molecule has 8 heteroatoms. The first-order chi connectivity index (χ1) is 15.5. The molecule has 7 nitrogen and oxygen atoms in total. The first-order valence-corrected chi connectivity index (χ1v) is 10.9. The topological polar surface area (TPSA) is 88.5 Å². The van der Waals surface area contributed by atoms with E-state index >= 15 is 0 Å². The number of hydrogen-bond donors (Lipinski definition) is 2. The number of pyridine rings is 1. The summed E-state index contributed by atoms with van der Waals surface area (Å²) in [4.78, 5) is 16.9. The van der Waals surface area contributed by atoms with Gasteiger partial charge in [0.05, 0.1) is 22.3 Å². The molecule has 1 aliphatic carbocycles. The highest BCUT2D eigenvalue weighted by Gasteiger charge is 2.41. The Morgan fingerprint density at radius 3 is 2.69 bits per heavy atom. The van der Waals surface area contributed by atoms with Crippen LogP contribution < -0.4 is 10.9 Å². The van der Waals surface area contributed by atoms with E-state index in [0.29, 0.717) is 29.1 Å². The molecule has 4 aromatic rings. The van der Waals surface area contributed by atoms with Crippen molar-refractivity contribution < 1.29 is 4.39 Å². The Morgan fingerprint density at radius 1 is 1.19 bits per heavy atom. The second-order valence-electron chi connectivity index (χ2n) is 8.77. The summed E-state index contributed by atoms with van der Waals surface area (Å²) in [7, 11) is 0. The smallest absolute Gasteiger partial charge is 0.274 e. The van der Waals surface area contributed by atoms with Crippen LogP contribution in [0.1, 0.15) is 44.8 Å². The van der Waals surface area contributed by atoms with Crippen LogP contribution >= 0.6 is 0 Å². The third kappa shape index (κ3) is 3.45. The maximum absolute atomic E-state index is 14.3. The summed E-state index contributed by atoms with van der Waals surface area (Å²) in [6, 6.07) is 12.5. The molecular formula is C24H25FN6O. The van der Waals surface area contributed by atoms with Gasteiger partial charge in [0.2, 0.25) is 0 Å². The minimum atomic E-state index is -0.304. The molecule has 0 atom stereocenters.